The molecule has 0 atom stereocenters. The standard InChI is InChI=1S/C12H8N2.Cu.HNO3.2H2O/c1-3-9-5-6-10-4-2-8-14-12(10)11(9)13-7-1;;2-1(3)4;;/h1-8H;;(H,2,3,4);2*1H2/q-2;+1;;;/p+2. The van der Waals surface area contributed by atoms with Gasteiger partial charge < -0.3 is 26.8 Å². The Hall–Kier alpha value is -2.32. The summed E-state index contributed by atoms with van der Waals surface area (Å²) in [5, 5.41) is 24.6. The Balaban J connectivity index is 0. The van der Waals surface area contributed by atoms with Gasteiger partial charge in [0.15, 0.2) is 0 Å². The Morgan fingerprint density at radius 2 is 1.29 bits per heavy atom. The van der Waals surface area contributed by atoms with Crippen molar-refractivity contribution in [3.05, 3.63) is 67.9 Å². The molecule has 8 nitrogen and oxygen atoms in total. The van der Waals surface area contributed by atoms with Gasteiger partial charge in [0.25, 0.3) is 5.09 Å². The molecule has 9 heteroatoms. The first-order valence-electron chi connectivity index (χ1n) is 5.10. The molecule has 1 aromatic rings. The van der Waals surface area contributed by atoms with Crippen LogP contribution in [0.3, 0.4) is 0 Å². The normalized spacial score (nSPS) is 11.4. The molecule has 2 aliphatic heterocycles. The average molecular weight is 345 g/mol. The second-order valence-corrected chi connectivity index (χ2v) is 3.45. The second-order valence-electron chi connectivity index (χ2n) is 3.45. The zero-order valence-electron chi connectivity index (χ0n) is 10.7. The zero-order valence-corrected chi connectivity index (χ0v) is 11.6. The Kier molecular flexibility index (Phi) is 9.56. The van der Waals surface area contributed by atoms with Gasteiger partial charge in [-0.1, -0.05) is 36.4 Å². The summed E-state index contributed by atoms with van der Waals surface area (Å²) in [6.07, 6.45) is 11.6. The maximum atomic E-state index is 8.36. The summed E-state index contributed by atoms with van der Waals surface area (Å²) in [4.78, 5) is 8.36. The van der Waals surface area contributed by atoms with Gasteiger partial charge in [-0.2, -0.15) is 12.4 Å². The molecule has 1 aromatic carbocycles. The molecule has 0 saturated heterocycles. The fourth-order valence-corrected chi connectivity index (χ4v) is 1.68. The van der Waals surface area contributed by atoms with E-state index < -0.39 is 5.09 Å². The molecule has 0 radical (unpaired) electrons. The Morgan fingerprint density at radius 3 is 1.62 bits per heavy atom. The van der Waals surface area contributed by atoms with Crippen molar-refractivity contribution in [3.63, 3.8) is 0 Å². The van der Waals surface area contributed by atoms with Crippen molar-refractivity contribution in [1.82, 2.24) is 0 Å². The van der Waals surface area contributed by atoms with E-state index in [-0.39, 0.29) is 28.0 Å². The number of benzene rings is 1. The SMILES string of the molecule is C1=C[N-]c2c3c(ccc2=C1)=CC=C[N-]3.O=[N+]([O-])O.[Cu+].[OH3+].[OH3+]. The van der Waals surface area contributed by atoms with E-state index in [2.05, 4.69) is 34.9 Å². The van der Waals surface area contributed by atoms with Gasteiger partial charge in [-0.25, -0.2) is 0 Å². The van der Waals surface area contributed by atoms with Gasteiger partial charge in [-0.3, -0.25) is 0 Å². The van der Waals surface area contributed by atoms with Crippen LogP contribution in [-0.4, -0.2) is 10.3 Å². The third-order valence-corrected chi connectivity index (χ3v) is 2.34. The van der Waals surface area contributed by atoms with E-state index in [1.165, 1.54) is 0 Å². The van der Waals surface area contributed by atoms with Gasteiger partial charge in [-0.05, 0) is 10.4 Å². The first-order valence-corrected chi connectivity index (χ1v) is 5.10. The number of hydrogen-bond donors (Lipinski definition) is 1. The average Bonchev–Trinajstić information content (AvgIpc) is 2.38. The van der Waals surface area contributed by atoms with Crippen LogP contribution in [-0.2, 0) is 28.0 Å². The molecule has 2 aliphatic rings. The van der Waals surface area contributed by atoms with E-state index >= 15 is 0 Å². The minimum absolute atomic E-state index is 0. The second kappa shape index (κ2) is 9.56. The van der Waals surface area contributed by atoms with Crippen LogP contribution in [0.4, 0.5) is 11.4 Å². The molecule has 0 spiro atoms. The third-order valence-electron chi connectivity index (χ3n) is 2.34. The zero-order chi connectivity index (χ0) is 13.0. The molecule has 2 heterocycles. The van der Waals surface area contributed by atoms with E-state index in [1.54, 1.807) is 12.4 Å². The molecule has 0 unspecified atom stereocenters. The first kappa shape index (κ1) is 21.0. The number of nitrogens with zero attached hydrogens (tertiary/aromatic N) is 3. The molecule has 0 aliphatic carbocycles. The quantitative estimate of drug-likeness (QED) is 0.307. The summed E-state index contributed by atoms with van der Waals surface area (Å²) in [7, 11) is 0. The molecule has 0 aromatic heterocycles. The van der Waals surface area contributed by atoms with Crippen LogP contribution in [0.2, 0.25) is 0 Å². The van der Waals surface area contributed by atoms with Crippen LogP contribution in [0.15, 0.2) is 36.7 Å². The van der Waals surface area contributed by atoms with E-state index in [9.17, 15) is 0 Å². The van der Waals surface area contributed by atoms with E-state index in [1.807, 2.05) is 12.2 Å². The molecule has 3 rings (SSSR count). The van der Waals surface area contributed by atoms with Crippen molar-refractivity contribution in [2.24, 2.45) is 0 Å². The molecule has 0 amide bonds. The maximum Gasteiger partial charge on any atom is 1.00 e. The summed E-state index contributed by atoms with van der Waals surface area (Å²) < 4.78 is 0. The smallest absolute Gasteiger partial charge is 0.665 e. The van der Waals surface area contributed by atoms with Gasteiger partial charge in [0.2, 0.25) is 0 Å². The van der Waals surface area contributed by atoms with Crippen LogP contribution in [0.5, 0.6) is 0 Å². The minimum atomic E-state index is -1.50. The van der Waals surface area contributed by atoms with Gasteiger partial charge in [0.1, 0.15) is 0 Å². The van der Waals surface area contributed by atoms with Gasteiger partial charge in [0.05, 0.1) is 0 Å². The summed E-state index contributed by atoms with van der Waals surface area (Å²) in [5.41, 5.74) is 1.95. The molecule has 7 N–H and O–H groups in total. The van der Waals surface area contributed by atoms with Crippen LogP contribution in [0.1, 0.15) is 0 Å². The number of rotatable bonds is 0. The van der Waals surface area contributed by atoms with Crippen molar-refractivity contribution in [2.75, 3.05) is 0 Å². The Morgan fingerprint density at radius 1 is 0.952 bits per heavy atom. The molecule has 118 valence electrons. The Bertz CT molecular complexity index is 603. The first-order chi connectivity index (χ1) is 8.68. The predicted octanol–water partition coefficient (Wildman–Crippen LogP) is 0.119. The molecular formula is C12H15CuN3O5+. The van der Waals surface area contributed by atoms with Crippen LogP contribution in [0.25, 0.3) is 22.8 Å². The van der Waals surface area contributed by atoms with E-state index in [0.717, 1.165) is 21.8 Å². The fraction of sp³-hybridized carbons (Fsp3) is 0. The molecule has 0 fully saturated rings. The van der Waals surface area contributed by atoms with Crippen LogP contribution in [0, 0.1) is 10.1 Å². The molecule has 21 heavy (non-hydrogen) atoms. The summed E-state index contributed by atoms with van der Waals surface area (Å²) >= 11 is 0. The van der Waals surface area contributed by atoms with E-state index in [4.69, 9.17) is 15.3 Å². The summed E-state index contributed by atoms with van der Waals surface area (Å²) in [6, 6.07) is 4.15. The van der Waals surface area contributed by atoms with Crippen molar-refractivity contribution in [1.29, 1.82) is 0 Å². The van der Waals surface area contributed by atoms with Gasteiger partial charge in [0, 0.05) is 0 Å². The van der Waals surface area contributed by atoms with Crippen molar-refractivity contribution in [2.45, 2.75) is 0 Å². The predicted molar refractivity (Wildman–Crippen MR) is 77.5 cm³/mol. The van der Waals surface area contributed by atoms with Gasteiger partial charge in [-0.15, -0.1) is 21.5 Å². The summed E-state index contributed by atoms with van der Waals surface area (Å²) in [6.45, 7) is 0. The van der Waals surface area contributed by atoms with Gasteiger partial charge >= 0.3 is 17.1 Å². The van der Waals surface area contributed by atoms with Crippen LogP contribution < -0.4 is 10.4 Å². The summed E-state index contributed by atoms with van der Waals surface area (Å²) in [5.74, 6) is 0. The molecule has 0 saturated carbocycles. The van der Waals surface area contributed by atoms with Crippen molar-refractivity contribution >= 4 is 23.5 Å². The largest absolute Gasteiger partial charge is 1.00 e. The molecular weight excluding hydrogens is 330 g/mol. The maximum absolute atomic E-state index is 8.36. The monoisotopic (exact) mass is 344 g/mol. The van der Waals surface area contributed by atoms with Crippen molar-refractivity contribution in [3.8, 4) is 0 Å². The van der Waals surface area contributed by atoms with Crippen molar-refractivity contribution < 1.29 is 38.3 Å². The molecule has 0 bridgehead atoms. The van der Waals surface area contributed by atoms with E-state index in [0.29, 0.717) is 0 Å². The number of fused-ring (bicyclic) bond motifs is 3. The number of allylic oxidation sites excluding steroid dienone is 2. The number of hydrogen-bond acceptors (Lipinski definition) is 2. The Labute approximate surface area is 130 Å². The topological polar surface area (TPSA) is 158 Å². The third kappa shape index (κ3) is 5.28. The minimum Gasteiger partial charge on any atom is -0.665 e. The van der Waals surface area contributed by atoms with Crippen LogP contribution >= 0.6 is 0 Å². The fourth-order valence-electron chi connectivity index (χ4n) is 1.68.